The summed E-state index contributed by atoms with van der Waals surface area (Å²) in [4.78, 5) is 21.7. The number of nitrogens with one attached hydrogen (secondary N) is 1. The lowest BCUT2D eigenvalue weighted by molar-refractivity contribution is -0.114. The molecule has 20 heavy (non-hydrogen) atoms. The number of rotatable bonds is 5. The number of ether oxygens (including phenoxy) is 1. The molecule has 0 aliphatic heterocycles. The summed E-state index contributed by atoms with van der Waals surface area (Å²) in [6.07, 6.45) is 3.28. The van der Waals surface area contributed by atoms with Crippen LogP contribution in [-0.4, -0.2) is 36.6 Å². The summed E-state index contributed by atoms with van der Waals surface area (Å²) in [5, 5.41) is 2.80. The summed E-state index contributed by atoms with van der Waals surface area (Å²) in [6.45, 7) is 0.177. The van der Waals surface area contributed by atoms with E-state index in [1.165, 1.54) is 0 Å². The maximum atomic E-state index is 11.9. The minimum atomic E-state index is -0.134. The molecular weight excluding hydrogens is 256 g/mol. The van der Waals surface area contributed by atoms with Gasteiger partial charge in [-0.05, 0) is 30.3 Å². The first-order valence-corrected chi connectivity index (χ1v) is 6.11. The highest BCUT2D eigenvalue weighted by molar-refractivity contribution is 5.93. The Morgan fingerprint density at radius 1 is 1.25 bits per heavy atom. The SMILES string of the molecule is COc1ccc(NC(=O)CN(C)c2ncccn2)cc1. The van der Waals surface area contributed by atoms with E-state index in [2.05, 4.69) is 15.3 Å². The predicted molar refractivity (Wildman–Crippen MR) is 76.9 cm³/mol. The van der Waals surface area contributed by atoms with E-state index in [0.29, 0.717) is 5.95 Å². The van der Waals surface area contributed by atoms with Gasteiger partial charge in [0.25, 0.3) is 0 Å². The fourth-order valence-corrected chi connectivity index (χ4v) is 1.65. The summed E-state index contributed by atoms with van der Waals surface area (Å²) >= 11 is 0. The Kier molecular flexibility index (Phi) is 4.49. The van der Waals surface area contributed by atoms with Gasteiger partial charge >= 0.3 is 0 Å². The highest BCUT2D eigenvalue weighted by Gasteiger charge is 2.09. The van der Waals surface area contributed by atoms with Crippen molar-refractivity contribution in [1.29, 1.82) is 0 Å². The van der Waals surface area contributed by atoms with Crippen LogP contribution in [0.5, 0.6) is 5.75 Å². The molecule has 0 bridgehead atoms. The van der Waals surface area contributed by atoms with Gasteiger partial charge in [-0.1, -0.05) is 0 Å². The van der Waals surface area contributed by atoms with Gasteiger partial charge in [0.05, 0.1) is 13.7 Å². The number of anilines is 2. The van der Waals surface area contributed by atoms with Gasteiger partial charge in [-0.25, -0.2) is 9.97 Å². The second kappa shape index (κ2) is 6.51. The lowest BCUT2D eigenvalue weighted by Crippen LogP contribution is -2.31. The first kappa shape index (κ1) is 13.8. The molecule has 2 rings (SSSR count). The number of methoxy groups -OCH3 is 1. The number of carbonyl (C=O) groups is 1. The molecule has 6 heteroatoms. The molecule has 0 aliphatic rings. The Balaban J connectivity index is 1.91. The predicted octanol–water partition coefficient (Wildman–Crippen LogP) is 1.56. The zero-order chi connectivity index (χ0) is 14.4. The Morgan fingerprint density at radius 3 is 2.50 bits per heavy atom. The van der Waals surface area contributed by atoms with Gasteiger partial charge in [-0.2, -0.15) is 0 Å². The molecule has 6 nitrogen and oxygen atoms in total. The van der Waals surface area contributed by atoms with Crippen LogP contribution in [0.4, 0.5) is 11.6 Å². The Hall–Kier alpha value is -2.63. The van der Waals surface area contributed by atoms with Gasteiger partial charge in [0.1, 0.15) is 5.75 Å². The van der Waals surface area contributed by atoms with E-state index >= 15 is 0 Å². The minimum absolute atomic E-state index is 0.134. The molecule has 0 unspecified atom stereocenters. The fraction of sp³-hybridized carbons (Fsp3) is 0.214. The third kappa shape index (κ3) is 3.68. The van der Waals surface area contributed by atoms with Crippen molar-refractivity contribution in [3.8, 4) is 5.75 Å². The summed E-state index contributed by atoms with van der Waals surface area (Å²) in [7, 11) is 3.37. The number of hydrogen-bond acceptors (Lipinski definition) is 5. The van der Waals surface area contributed by atoms with Gasteiger partial charge in [-0.3, -0.25) is 4.79 Å². The van der Waals surface area contributed by atoms with Crippen LogP contribution in [0, 0.1) is 0 Å². The minimum Gasteiger partial charge on any atom is -0.497 e. The van der Waals surface area contributed by atoms with Gasteiger partial charge in [0, 0.05) is 25.1 Å². The van der Waals surface area contributed by atoms with E-state index in [4.69, 9.17) is 4.74 Å². The fourth-order valence-electron chi connectivity index (χ4n) is 1.65. The summed E-state index contributed by atoms with van der Waals surface area (Å²) in [6, 6.07) is 8.89. The van der Waals surface area contributed by atoms with Gasteiger partial charge < -0.3 is 15.0 Å². The molecule has 1 aromatic heterocycles. The molecule has 0 atom stereocenters. The van der Waals surface area contributed by atoms with Crippen LogP contribution in [0.1, 0.15) is 0 Å². The van der Waals surface area contributed by atoms with Crippen molar-refractivity contribution in [2.24, 2.45) is 0 Å². The monoisotopic (exact) mass is 272 g/mol. The van der Waals surface area contributed by atoms with E-state index in [1.807, 2.05) is 0 Å². The highest BCUT2D eigenvalue weighted by atomic mass is 16.5. The lowest BCUT2D eigenvalue weighted by atomic mass is 10.3. The summed E-state index contributed by atoms with van der Waals surface area (Å²) in [5.41, 5.74) is 0.721. The molecule has 0 saturated carbocycles. The van der Waals surface area contributed by atoms with E-state index in [0.717, 1.165) is 11.4 Å². The summed E-state index contributed by atoms with van der Waals surface area (Å²) < 4.78 is 5.06. The van der Waals surface area contributed by atoms with Crippen molar-refractivity contribution in [3.63, 3.8) is 0 Å². The number of benzene rings is 1. The molecule has 1 N–H and O–H groups in total. The largest absolute Gasteiger partial charge is 0.497 e. The molecule has 104 valence electrons. The van der Waals surface area contributed by atoms with E-state index in [-0.39, 0.29) is 12.5 Å². The normalized spacial score (nSPS) is 9.90. The average molecular weight is 272 g/mol. The second-order valence-electron chi connectivity index (χ2n) is 4.18. The average Bonchev–Trinajstić information content (AvgIpc) is 2.49. The molecule has 0 aliphatic carbocycles. The van der Waals surface area contributed by atoms with Crippen molar-refractivity contribution < 1.29 is 9.53 Å². The van der Waals surface area contributed by atoms with Crippen LogP contribution < -0.4 is 15.0 Å². The number of nitrogens with zero attached hydrogens (tertiary/aromatic N) is 3. The van der Waals surface area contributed by atoms with Crippen LogP contribution >= 0.6 is 0 Å². The second-order valence-corrected chi connectivity index (χ2v) is 4.18. The van der Waals surface area contributed by atoms with Crippen LogP contribution in [-0.2, 0) is 4.79 Å². The molecule has 0 radical (unpaired) electrons. The van der Waals surface area contributed by atoms with Crippen molar-refractivity contribution >= 4 is 17.5 Å². The van der Waals surface area contributed by atoms with Crippen molar-refractivity contribution in [2.45, 2.75) is 0 Å². The number of hydrogen-bond donors (Lipinski definition) is 1. The zero-order valence-corrected chi connectivity index (χ0v) is 11.4. The Bertz CT molecular complexity index is 557. The van der Waals surface area contributed by atoms with Gasteiger partial charge in [-0.15, -0.1) is 0 Å². The third-order valence-corrected chi connectivity index (χ3v) is 2.65. The number of amides is 1. The smallest absolute Gasteiger partial charge is 0.243 e. The maximum absolute atomic E-state index is 11.9. The molecule has 0 saturated heterocycles. The van der Waals surface area contributed by atoms with Crippen molar-refractivity contribution in [2.75, 3.05) is 30.9 Å². The van der Waals surface area contributed by atoms with Crippen LogP contribution in [0.3, 0.4) is 0 Å². The van der Waals surface area contributed by atoms with E-state index in [1.54, 1.807) is 61.8 Å². The first-order valence-electron chi connectivity index (χ1n) is 6.11. The zero-order valence-electron chi connectivity index (χ0n) is 11.4. The topological polar surface area (TPSA) is 67.3 Å². The standard InChI is InChI=1S/C14H16N4O2/c1-18(14-15-8-3-9-16-14)10-13(19)17-11-4-6-12(20-2)7-5-11/h3-9H,10H2,1-2H3,(H,17,19). The molecule has 0 spiro atoms. The van der Waals surface area contributed by atoms with Crippen LogP contribution in [0.2, 0.25) is 0 Å². The molecule has 0 fully saturated rings. The molecular formula is C14H16N4O2. The lowest BCUT2D eigenvalue weighted by Gasteiger charge is -2.16. The number of carbonyl (C=O) groups excluding carboxylic acids is 1. The first-order chi connectivity index (χ1) is 9.69. The molecule has 1 amide bonds. The van der Waals surface area contributed by atoms with E-state index in [9.17, 15) is 4.79 Å². The third-order valence-electron chi connectivity index (χ3n) is 2.65. The highest BCUT2D eigenvalue weighted by Crippen LogP contribution is 2.15. The van der Waals surface area contributed by atoms with Crippen molar-refractivity contribution in [1.82, 2.24) is 9.97 Å². The number of likely N-dealkylation sites (N-methyl/N-ethyl adjacent to an activating group) is 1. The van der Waals surface area contributed by atoms with Gasteiger partial charge in [0.15, 0.2) is 0 Å². The molecule has 1 heterocycles. The quantitative estimate of drug-likeness (QED) is 0.894. The van der Waals surface area contributed by atoms with Crippen LogP contribution in [0.25, 0.3) is 0 Å². The number of aromatic nitrogens is 2. The molecule has 1 aromatic carbocycles. The van der Waals surface area contributed by atoms with Crippen molar-refractivity contribution in [3.05, 3.63) is 42.7 Å². The van der Waals surface area contributed by atoms with Crippen LogP contribution in [0.15, 0.2) is 42.7 Å². The summed E-state index contributed by atoms with van der Waals surface area (Å²) in [5.74, 6) is 1.13. The maximum Gasteiger partial charge on any atom is 0.243 e. The van der Waals surface area contributed by atoms with E-state index < -0.39 is 0 Å². The van der Waals surface area contributed by atoms with Gasteiger partial charge in [0.2, 0.25) is 11.9 Å². The Morgan fingerprint density at radius 2 is 1.90 bits per heavy atom. The Labute approximate surface area is 117 Å². The molecule has 2 aromatic rings.